The Kier molecular flexibility index (Phi) is 3.62. The van der Waals surface area contributed by atoms with E-state index in [1.54, 1.807) is 0 Å². The lowest BCUT2D eigenvalue weighted by Gasteiger charge is -2.25. The Labute approximate surface area is 97.3 Å². The summed E-state index contributed by atoms with van der Waals surface area (Å²) >= 11 is 0. The van der Waals surface area contributed by atoms with Crippen LogP contribution < -0.4 is 4.90 Å². The third kappa shape index (κ3) is 2.85. The van der Waals surface area contributed by atoms with Gasteiger partial charge in [-0.25, -0.2) is 8.42 Å². The van der Waals surface area contributed by atoms with Gasteiger partial charge in [0.2, 0.25) is 0 Å². The first kappa shape index (κ1) is 11.2. The maximum Gasteiger partial charge on any atom is 0.144 e. The van der Waals surface area contributed by atoms with Crippen LogP contribution in [0.1, 0.15) is 12.0 Å². The first-order chi connectivity index (χ1) is 7.75. The number of benzene rings is 1. The van der Waals surface area contributed by atoms with Gasteiger partial charge in [0.15, 0.2) is 0 Å². The van der Waals surface area contributed by atoms with Crippen molar-refractivity contribution >= 4 is 16.4 Å². The average Bonchev–Trinajstić information content (AvgIpc) is 2.30. The van der Waals surface area contributed by atoms with Gasteiger partial charge in [-0.05, 0) is 24.1 Å². The van der Waals surface area contributed by atoms with E-state index in [0.29, 0.717) is 0 Å². The van der Waals surface area contributed by atoms with Gasteiger partial charge in [0.1, 0.15) is 10.7 Å². The second-order valence-corrected chi connectivity index (χ2v) is 4.85. The van der Waals surface area contributed by atoms with Crippen molar-refractivity contribution in [2.45, 2.75) is 12.2 Å². The molecule has 0 aliphatic carbocycles. The molecule has 0 spiro atoms. The molecule has 1 heterocycles. The van der Waals surface area contributed by atoms with Crippen molar-refractivity contribution in [2.75, 3.05) is 18.0 Å². The van der Waals surface area contributed by atoms with Gasteiger partial charge in [0.25, 0.3) is 0 Å². The SMILES string of the molecule is O=[SH](=O)Cc1cccc(N2CC=CCC2)c1. The molecule has 16 heavy (non-hydrogen) atoms. The molecule has 0 fully saturated rings. The lowest BCUT2D eigenvalue weighted by molar-refractivity contribution is 0.614. The molecule has 0 N–H and O–H groups in total. The molecule has 4 heteroatoms. The largest absolute Gasteiger partial charge is 0.367 e. The minimum atomic E-state index is -2.34. The smallest absolute Gasteiger partial charge is 0.144 e. The van der Waals surface area contributed by atoms with Gasteiger partial charge >= 0.3 is 0 Å². The van der Waals surface area contributed by atoms with Crippen LogP contribution in [-0.4, -0.2) is 21.5 Å². The Bertz CT molecular complexity index is 458. The van der Waals surface area contributed by atoms with Gasteiger partial charge in [-0.1, -0.05) is 24.3 Å². The van der Waals surface area contributed by atoms with Gasteiger partial charge in [0.05, 0.1) is 5.75 Å². The first-order valence-electron chi connectivity index (χ1n) is 5.36. The van der Waals surface area contributed by atoms with Crippen LogP contribution in [-0.2, 0) is 16.5 Å². The molecule has 1 aliphatic rings. The first-order valence-corrected chi connectivity index (χ1v) is 6.72. The van der Waals surface area contributed by atoms with Crippen LogP contribution in [0.25, 0.3) is 0 Å². The summed E-state index contributed by atoms with van der Waals surface area (Å²) in [4.78, 5) is 2.25. The van der Waals surface area contributed by atoms with E-state index in [0.717, 1.165) is 30.8 Å². The fraction of sp³-hybridized carbons (Fsp3) is 0.333. The average molecular weight is 237 g/mol. The number of thiol groups is 1. The normalized spacial score (nSPS) is 15.7. The number of anilines is 1. The lowest BCUT2D eigenvalue weighted by Crippen LogP contribution is -2.26. The number of rotatable bonds is 3. The molecule has 0 unspecified atom stereocenters. The van der Waals surface area contributed by atoms with Crippen molar-refractivity contribution in [1.29, 1.82) is 0 Å². The van der Waals surface area contributed by atoms with Crippen LogP contribution in [0.2, 0.25) is 0 Å². The zero-order chi connectivity index (χ0) is 11.4. The van der Waals surface area contributed by atoms with Crippen molar-refractivity contribution in [3.63, 3.8) is 0 Å². The van der Waals surface area contributed by atoms with E-state index >= 15 is 0 Å². The Morgan fingerprint density at radius 1 is 1.25 bits per heavy atom. The summed E-state index contributed by atoms with van der Waals surface area (Å²) in [6.45, 7) is 1.91. The number of hydrogen-bond donors (Lipinski definition) is 1. The summed E-state index contributed by atoms with van der Waals surface area (Å²) in [7, 11) is -2.34. The second kappa shape index (κ2) is 5.16. The quantitative estimate of drug-likeness (QED) is 0.640. The van der Waals surface area contributed by atoms with Crippen molar-refractivity contribution in [1.82, 2.24) is 0 Å². The van der Waals surface area contributed by atoms with Gasteiger partial charge in [-0.3, -0.25) is 0 Å². The molecule has 0 saturated carbocycles. The van der Waals surface area contributed by atoms with Crippen LogP contribution >= 0.6 is 0 Å². The second-order valence-electron chi connectivity index (χ2n) is 3.87. The molecule has 86 valence electrons. The Morgan fingerprint density at radius 3 is 2.81 bits per heavy atom. The molecule has 0 atom stereocenters. The van der Waals surface area contributed by atoms with E-state index in [-0.39, 0.29) is 5.75 Å². The van der Waals surface area contributed by atoms with Crippen molar-refractivity contribution in [2.24, 2.45) is 0 Å². The van der Waals surface area contributed by atoms with Crippen LogP contribution in [0, 0.1) is 0 Å². The fourth-order valence-corrected chi connectivity index (χ4v) is 2.37. The van der Waals surface area contributed by atoms with Crippen LogP contribution in [0.4, 0.5) is 5.69 Å². The van der Waals surface area contributed by atoms with E-state index < -0.39 is 10.7 Å². The third-order valence-corrected chi connectivity index (χ3v) is 3.27. The van der Waals surface area contributed by atoms with E-state index in [1.165, 1.54) is 0 Å². The summed E-state index contributed by atoms with van der Waals surface area (Å²) in [5.74, 6) is 0.132. The highest BCUT2D eigenvalue weighted by atomic mass is 32.2. The highest BCUT2D eigenvalue weighted by molar-refractivity contribution is 7.71. The number of hydrogen-bond acceptors (Lipinski definition) is 3. The van der Waals surface area contributed by atoms with Gasteiger partial charge in [-0.15, -0.1) is 0 Å². The van der Waals surface area contributed by atoms with Crippen molar-refractivity contribution in [3.05, 3.63) is 42.0 Å². The molecule has 0 amide bonds. The predicted octanol–water partition coefficient (Wildman–Crippen LogP) is 1.56. The fourth-order valence-electron chi connectivity index (χ4n) is 1.88. The molecule has 1 aromatic carbocycles. The summed E-state index contributed by atoms with van der Waals surface area (Å²) < 4.78 is 21.3. The molecular formula is C12H15NO2S. The maximum atomic E-state index is 10.7. The minimum absolute atomic E-state index is 0.132. The molecular weight excluding hydrogens is 222 g/mol. The Morgan fingerprint density at radius 2 is 2.12 bits per heavy atom. The summed E-state index contributed by atoms with van der Waals surface area (Å²) in [5, 5.41) is 0. The zero-order valence-corrected chi connectivity index (χ0v) is 9.90. The Hall–Kier alpha value is -1.29. The van der Waals surface area contributed by atoms with Gasteiger partial charge in [-0.2, -0.15) is 0 Å². The van der Waals surface area contributed by atoms with Crippen LogP contribution in [0.3, 0.4) is 0 Å². The van der Waals surface area contributed by atoms with Gasteiger partial charge < -0.3 is 4.90 Å². The molecule has 2 rings (SSSR count). The van der Waals surface area contributed by atoms with E-state index in [2.05, 4.69) is 17.1 Å². The highest BCUT2D eigenvalue weighted by Crippen LogP contribution is 2.18. The topological polar surface area (TPSA) is 37.4 Å². The molecule has 1 aliphatic heterocycles. The van der Waals surface area contributed by atoms with Crippen molar-refractivity contribution < 1.29 is 8.42 Å². The highest BCUT2D eigenvalue weighted by Gasteiger charge is 2.07. The minimum Gasteiger partial charge on any atom is -0.367 e. The lowest BCUT2D eigenvalue weighted by atomic mass is 10.1. The molecule has 0 radical (unpaired) electrons. The third-order valence-electron chi connectivity index (χ3n) is 2.65. The standard InChI is InChI=1S/C12H15NO2S/c14-16(15)10-11-5-4-6-12(9-11)13-7-2-1-3-8-13/h1-2,4-6,9,16H,3,7-8,10H2. The molecule has 0 aromatic heterocycles. The number of nitrogens with zero attached hydrogens (tertiary/aromatic N) is 1. The summed E-state index contributed by atoms with van der Waals surface area (Å²) in [6, 6.07) is 7.76. The Balaban J connectivity index is 2.17. The van der Waals surface area contributed by atoms with Gasteiger partial charge in [0, 0.05) is 18.8 Å². The van der Waals surface area contributed by atoms with E-state index in [9.17, 15) is 8.42 Å². The van der Waals surface area contributed by atoms with E-state index in [1.807, 2.05) is 24.3 Å². The van der Waals surface area contributed by atoms with Crippen LogP contribution in [0.5, 0.6) is 0 Å². The maximum absolute atomic E-state index is 10.7. The summed E-state index contributed by atoms with van der Waals surface area (Å²) in [6.07, 6.45) is 5.37. The van der Waals surface area contributed by atoms with Crippen LogP contribution in [0.15, 0.2) is 36.4 Å². The molecule has 0 saturated heterocycles. The molecule has 3 nitrogen and oxygen atoms in total. The predicted molar refractivity (Wildman–Crippen MR) is 66.4 cm³/mol. The molecule has 1 aromatic rings. The van der Waals surface area contributed by atoms with E-state index in [4.69, 9.17) is 0 Å². The van der Waals surface area contributed by atoms with Crippen molar-refractivity contribution in [3.8, 4) is 0 Å². The zero-order valence-electron chi connectivity index (χ0n) is 9.00. The molecule has 0 bridgehead atoms. The monoisotopic (exact) mass is 237 g/mol. The summed E-state index contributed by atoms with van der Waals surface area (Å²) in [5.41, 5.74) is 1.97.